The minimum atomic E-state index is -0.285. The third-order valence-electron chi connectivity index (χ3n) is 3.73. The number of methoxy groups -OCH3 is 1. The molecule has 0 saturated carbocycles. The van der Waals surface area contributed by atoms with Crippen molar-refractivity contribution >= 4 is 17.7 Å². The van der Waals surface area contributed by atoms with Crippen molar-refractivity contribution < 1.29 is 14.1 Å². The highest BCUT2D eigenvalue weighted by Gasteiger charge is 2.22. The summed E-state index contributed by atoms with van der Waals surface area (Å²) in [4.78, 5) is 19.7. The van der Waals surface area contributed by atoms with Gasteiger partial charge < -0.3 is 14.2 Å². The van der Waals surface area contributed by atoms with Gasteiger partial charge in [0.05, 0.1) is 13.7 Å². The van der Waals surface area contributed by atoms with Crippen LogP contribution in [0.4, 0.5) is 4.79 Å². The highest BCUT2D eigenvalue weighted by molar-refractivity contribution is 6.30. The fourth-order valence-electron chi connectivity index (χ4n) is 2.44. The smallest absolute Gasteiger partial charge is 0.409 e. The number of rotatable bonds is 3. The Bertz CT molecular complexity index is 666. The Labute approximate surface area is 138 Å². The summed E-state index contributed by atoms with van der Waals surface area (Å²) in [5.41, 5.74) is 0.861. The van der Waals surface area contributed by atoms with Gasteiger partial charge in [-0.1, -0.05) is 16.8 Å². The summed E-state index contributed by atoms with van der Waals surface area (Å²) < 4.78 is 10.0. The molecule has 1 aliphatic heterocycles. The molecule has 1 amide bonds. The van der Waals surface area contributed by atoms with Gasteiger partial charge in [0.2, 0.25) is 11.7 Å². The maximum atomic E-state index is 11.5. The number of benzene rings is 1. The molecule has 23 heavy (non-hydrogen) atoms. The third-order valence-corrected chi connectivity index (χ3v) is 3.99. The number of hydrogen-bond donors (Lipinski definition) is 0. The van der Waals surface area contributed by atoms with Crippen LogP contribution in [-0.4, -0.2) is 59.3 Å². The first-order valence-corrected chi connectivity index (χ1v) is 7.67. The van der Waals surface area contributed by atoms with Crippen LogP contribution in [0.1, 0.15) is 5.89 Å². The average Bonchev–Trinajstić information content (AvgIpc) is 3.04. The minimum Gasteiger partial charge on any atom is -0.453 e. The number of amides is 1. The number of carbonyl (C=O) groups excluding carboxylic acids is 1. The van der Waals surface area contributed by atoms with E-state index in [0.29, 0.717) is 36.4 Å². The Kier molecular flexibility index (Phi) is 4.78. The first-order valence-electron chi connectivity index (χ1n) is 7.29. The molecule has 0 aliphatic carbocycles. The van der Waals surface area contributed by atoms with Crippen molar-refractivity contribution in [2.45, 2.75) is 6.54 Å². The molecule has 2 heterocycles. The predicted octanol–water partition coefficient (Wildman–Crippen LogP) is 2.27. The zero-order chi connectivity index (χ0) is 16.2. The van der Waals surface area contributed by atoms with Crippen molar-refractivity contribution in [3.05, 3.63) is 35.2 Å². The van der Waals surface area contributed by atoms with E-state index in [-0.39, 0.29) is 6.09 Å². The molecule has 122 valence electrons. The van der Waals surface area contributed by atoms with Crippen LogP contribution < -0.4 is 0 Å². The van der Waals surface area contributed by atoms with Gasteiger partial charge in [-0.2, -0.15) is 4.98 Å². The summed E-state index contributed by atoms with van der Waals surface area (Å²) in [5.74, 6) is 1.10. The molecule has 8 heteroatoms. The molecule has 1 fully saturated rings. The summed E-state index contributed by atoms with van der Waals surface area (Å²) in [6, 6.07) is 7.29. The fraction of sp³-hybridized carbons (Fsp3) is 0.400. The summed E-state index contributed by atoms with van der Waals surface area (Å²) >= 11 is 5.87. The molecule has 1 aliphatic rings. The van der Waals surface area contributed by atoms with Crippen molar-refractivity contribution in [1.82, 2.24) is 19.9 Å². The van der Waals surface area contributed by atoms with Crippen LogP contribution in [0.25, 0.3) is 11.4 Å². The summed E-state index contributed by atoms with van der Waals surface area (Å²) in [5, 5.41) is 4.67. The molecule has 0 spiro atoms. The predicted molar refractivity (Wildman–Crippen MR) is 84.0 cm³/mol. The van der Waals surface area contributed by atoms with Crippen LogP contribution in [0.5, 0.6) is 0 Å². The lowest BCUT2D eigenvalue weighted by Crippen LogP contribution is -2.48. The Hall–Kier alpha value is -2.12. The first kappa shape index (κ1) is 15.8. The Morgan fingerprint density at radius 2 is 1.96 bits per heavy atom. The van der Waals surface area contributed by atoms with E-state index in [1.165, 1.54) is 7.11 Å². The highest BCUT2D eigenvalue weighted by Crippen LogP contribution is 2.19. The molecule has 1 aromatic carbocycles. The molecular weight excluding hydrogens is 320 g/mol. The summed E-state index contributed by atoms with van der Waals surface area (Å²) in [6.45, 7) is 3.31. The van der Waals surface area contributed by atoms with Gasteiger partial charge in [0.25, 0.3) is 0 Å². The standard InChI is InChI=1S/C15H17ClN4O3/c1-22-15(21)20-8-6-19(7-9-20)10-13-17-14(18-23-13)11-2-4-12(16)5-3-11/h2-5H,6-10H2,1H3. The SMILES string of the molecule is COC(=O)N1CCN(Cc2nc(-c3ccc(Cl)cc3)no2)CC1. The van der Waals surface area contributed by atoms with Gasteiger partial charge >= 0.3 is 6.09 Å². The molecule has 1 aromatic heterocycles. The Balaban J connectivity index is 1.58. The number of piperazine rings is 1. The van der Waals surface area contributed by atoms with Crippen LogP contribution in [0.3, 0.4) is 0 Å². The van der Waals surface area contributed by atoms with Crippen LogP contribution in [-0.2, 0) is 11.3 Å². The molecule has 2 aromatic rings. The van der Waals surface area contributed by atoms with Gasteiger partial charge in [-0.15, -0.1) is 0 Å². The second-order valence-corrected chi connectivity index (χ2v) is 5.69. The first-order chi connectivity index (χ1) is 11.2. The molecule has 0 unspecified atom stereocenters. The van der Waals surface area contributed by atoms with E-state index in [2.05, 4.69) is 15.0 Å². The maximum Gasteiger partial charge on any atom is 0.409 e. The maximum absolute atomic E-state index is 11.5. The van der Waals surface area contributed by atoms with E-state index in [1.807, 2.05) is 12.1 Å². The Morgan fingerprint density at radius 1 is 1.26 bits per heavy atom. The zero-order valence-electron chi connectivity index (χ0n) is 12.7. The average molecular weight is 337 g/mol. The second-order valence-electron chi connectivity index (χ2n) is 5.25. The number of aromatic nitrogens is 2. The number of halogens is 1. The summed E-state index contributed by atoms with van der Waals surface area (Å²) in [7, 11) is 1.39. The van der Waals surface area contributed by atoms with Crippen molar-refractivity contribution in [1.29, 1.82) is 0 Å². The number of carbonyl (C=O) groups is 1. The van der Waals surface area contributed by atoms with E-state index >= 15 is 0 Å². The molecule has 3 rings (SSSR count). The van der Waals surface area contributed by atoms with Crippen LogP contribution in [0.2, 0.25) is 5.02 Å². The van der Waals surface area contributed by atoms with Crippen LogP contribution in [0, 0.1) is 0 Å². The number of ether oxygens (including phenoxy) is 1. The van der Waals surface area contributed by atoms with E-state index in [9.17, 15) is 4.79 Å². The van der Waals surface area contributed by atoms with Crippen molar-refractivity contribution in [2.75, 3.05) is 33.3 Å². The lowest BCUT2D eigenvalue weighted by molar-refractivity contribution is 0.0852. The second kappa shape index (κ2) is 6.97. The molecule has 0 radical (unpaired) electrons. The van der Waals surface area contributed by atoms with E-state index in [4.69, 9.17) is 20.9 Å². The molecule has 7 nitrogen and oxygen atoms in total. The van der Waals surface area contributed by atoms with Gasteiger partial charge in [0.15, 0.2) is 0 Å². The van der Waals surface area contributed by atoms with Gasteiger partial charge in [-0.25, -0.2) is 4.79 Å². The van der Waals surface area contributed by atoms with Gasteiger partial charge in [-0.3, -0.25) is 4.90 Å². The Morgan fingerprint density at radius 3 is 2.61 bits per heavy atom. The van der Waals surface area contributed by atoms with E-state index in [0.717, 1.165) is 18.7 Å². The third kappa shape index (κ3) is 3.80. The van der Waals surface area contributed by atoms with Crippen molar-refractivity contribution in [3.8, 4) is 11.4 Å². The van der Waals surface area contributed by atoms with Gasteiger partial charge in [0, 0.05) is 36.8 Å². The number of hydrogen-bond acceptors (Lipinski definition) is 6. The lowest BCUT2D eigenvalue weighted by atomic mass is 10.2. The minimum absolute atomic E-state index is 0.285. The summed E-state index contributed by atoms with van der Waals surface area (Å²) in [6.07, 6.45) is -0.285. The molecular formula is C15H17ClN4O3. The normalized spacial score (nSPS) is 15.7. The van der Waals surface area contributed by atoms with Crippen molar-refractivity contribution in [2.24, 2.45) is 0 Å². The monoisotopic (exact) mass is 336 g/mol. The van der Waals surface area contributed by atoms with Crippen LogP contribution in [0.15, 0.2) is 28.8 Å². The largest absolute Gasteiger partial charge is 0.453 e. The molecule has 0 bridgehead atoms. The lowest BCUT2D eigenvalue weighted by Gasteiger charge is -2.32. The van der Waals surface area contributed by atoms with Crippen molar-refractivity contribution in [3.63, 3.8) is 0 Å². The quantitative estimate of drug-likeness (QED) is 0.856. The van der Waals surface area contributed by atoms with Gasteiger partial charge in [0.1, 0.15) is 0 Å². The fourth-order valence-corrected chi connectivity index (χ4v) is 2.57. The van der Waals surface area contributed by atoms with E-state index < -0.39 is 0 Å². The van der Waals surface area contributed by atoms with Crippen LogP contribution >= 0.6 is 11.6 Å². The number of nitrogens with zero attached hydrogens (tertiary/aromatic N) is 4. The molecule has 0 atom stereocenters. The van der Waals surface area contributed by atoms with Gasteiger partial charge in [-0.05, 0) is 24.3 Å². The highest BCUT2D eigenvalue weighted by atomic mass is 35.5. The van der Waals surface area contributed by atoms with E-state index in [1.54, 1.807) is 17.0 Å². The molecule has 1 saturated heterocycles. The zero-order valence-corrected chi connectivity index (χ0v) is 13.5. The topological polar surface area (TPSA) is 71.7 Å². The molecule has 0 N–H and O–H groups in total.